The highest BCUT2D eigenvalue weighted by Crippen LogP contribution is 2.22. The van der Waals surface area contributed by atoms with Crippen LogP contribution in [0.2, 0.25) is 0 Å². The lowest BCUT2D eigenvalue weighted by atomic mass is 10.2. The molecule has 23 heavy (non-hydrogen) atoms. The predicted molar refractivity (Wildman–Crippen MR) is 91.5 cm³/mol. The van der Waals surface area contributed by atoms with Crippen LogP contribution < -0.4 is 4.72 Å². The van der Waals surface area contributed by atoms with Crippen LogP contribution in [-0.4, -0.2) is 33.0 Å². The average Bonchev–Trinajstić information content (AvgIpc) is 2.89. The van der Waals surface area contributed by atoms with E-state index < -0.39 is 16.0 Å². The van der Waals surface area contributed by atoms with Gasteiger partial charge in [-0.05, 0) is 46.3 Å². The standard InChI is InChI=1S/C14H12BrNO5S2/c1-23(19,20)16-10-4-2-3-9(7-10)14(18)21-8-11(17)12-5-6-13(15)22-12/h2-7,16H,8H2,1H3. The maximum absolute atomic E-state index is 11.9. The molecular weight excluding hydrogens is 406 g/mol. The predicted octanol–water partition coefficient (Wildman–Crippen LogP) is 2.92. The highest BCUT2D eigenvalue weighted by Gasteiger charge is 2.14. The Hall–Kier alpha value is -1.71. The van der Waals surface area contributed by atoms with Gasteiger partial charge < -0.3 is 4.74 Å². The number of carbonyl (C=O) groups is 2. The van der Waals surface area contributed by atoms with Crippen LogP contribution in [0.4, 0.5) is 5.69 Å². The summed E-state index contributed by atoms with van der Waals surface area (Å²) in [5, 5.41) is 0. The van der Waals surface area contributed by atoms with E-state index in [-0.39, 0.29) is 23.6 Å². The number of hydrogen-bond acceptors (Lipinski definition) is 6. The normalized spacial score (nSPS) is 11.0. The fourth-order valence-electron chi connectivity index (χ4n) is 1.67. The van der Waals surface area contributed by atoms with Crippen molar-refractivity contribution in [3.63, 3.8) is 0 Å². The van der Waals surface area contributed by atoms with Gasteiger partial charge in [0.2, 0.25) is 15.8 Å². The van der Waals surface area contributed by atoms with Gasteiger partial charge in [0, 0.05) is 5.69 Å². The smallest absolute Gasteiger partial charge is 0.338 e. The molecule has 0 saturated heterocycles. The third kappa shape index (κ3) is 5.45. The van der Waals surface area contributed by atoms with Crippen molar-refractivity contribution in [1.82, 2.24) is 0 Å². The van der Waals surface area contributed by atoms with E-state index in [1.165, 1.54) is 35.6 Å². The molecule has 0 bridgehead atoms. The van der Waals surface area contributed by atoms with Crippen molar-refractivity contribution in [3.05, 3.63) is 50.6 Å². The first-order chi connectivity index (χ1) is 10.7. The molecule has 1 aromatic heterocycles. The summed E-state index contributed by atoms with van der Waals surface area (Å²) < 4.78 is 30.4. The average molecular weight is 418 g/mol. The Morgan fingerprint density at radius 3 is 2.61 bits per heavy atom. The second kappa shape index (κ2) is 7.24. The number of esters is 1. The van der Waals surface area contributed by atoms with Crippen molar-refractivity contribution in [3.8, 4) is 0 Å². The number of ether oxygens (including phenoxy) is 1. The number of halogens is 1. The molecule has 0 aliphatic heterocycles. The summed E-state index contributed by atoms with van der Waals surface area (Å²) in [6.07, 6.45) is 1.01. The zero-order valence-electron chi connectivity index (χ0n) is 11.9. The Morgan fingerprint density at radius 2 is 2.00 bits per heavy atom. The molecule has 0 aliphatic carbocycles. The molecule has 0 radical (unpaired) electrons. The summed E-state index contributed by atoms with van der Waals surface area (Å²) in [5.41, 5.74) is 0.397. The van der Waals surface area contributed by atoms with Crippen LogP contribution in [0.5, 0.6) is 0 Å². The molecular formula is C14H12BrNO5S2. The second-order valence-electron chi connectivity index (χ2n) is 4.56. The molecule has 0 amide bonds. The van der Waals surface area contributed by atoms with E-state index in [0.29, 0.717) is 4.88 Å². The van der Waals surface area contributed by atoms with Crippen molar-refractivity contribution in [1.29, 1.82) is 0 Å². The molecule has 0 atom stereocenters. The Balaban J connectivity index is 2.01. The van der Waals surface area contributed by atoms with Gasteiger partial charge in [0.1, 0.15) is 0 Å². The number of Topliss-reactive ketones (excluding diaryl/α,β-unsaturated/α-hetero) is 1. The van der Waals surface area contributed by atoms with Gasteiger partial charge >= 0.3 is 5.97 Å². The van der Waals surface area contributed by atoms with E-state index in [2.05, 4.69) is 20.7 Å². The van der Waals surface area contributed by atoms with E-state index in [4.69, 9.17) is 4.74 Å². The van der Waals surface area contributed by atoms with Crippen LogP contribution >= 0.6 is 27.3 Å². The minimum atomic E-state index is -3.44. The van der Waals surface area contributed by atoms with E-state index in [1.807, 2.05) is 0 Å². The van der Waals surface area contributed by atoms with E-state index in [9.17, 15) is 18.0 Å². The number of anilines is 1. The lowest BCUT2D eigenvalue weighted by Gasteiger charge is -2.07. The third-order valence-electron chi connectivity index (χ3n) is 2.58. The summed E-state index contributed by atoms with van der Waals surface area (Å²) in [5.74, 6) is -1.01. The molecule has 6 nitrogen and oxygen atoms in total. The molecule has 122 valence electrons. The molecule has 9 heteroatoms. The minimum absolute atomic E-state index is 0.152. The van der Waals surface area contributed by atoms with Crippen molar-refractivity contribution >= 4 is 54.7 Å². The lowest BCUT2D eigenvalue weighted by Crippen LogP contribution is -2.14. The highest BCUT2D eigenvalue weighted by molar-refractivity contribution is 9.11. The van der Waals surface area contributed by atoms with Crippen molar-refractivity contribution in [2.45, 2.75) is 0 Å². The zero-order chi connectivity index (χ0) is 17.0. The van der Waals surface area contributed by atoms with Crippen molar-refractivity contribution < 1.29 is 22.7 Å². The monoisotopic (exact) mass is 417 g/mol. The van der Waals surface area contributed by atoms with Crippen molar-refractivity contribution in [2.75, 3.05) is 17.6 Å². The minimum Gasteiger partial charge on any atom is -0.454 e. The summed E-state index contributed by atoms with van der Waals surface area (Å²) in [7, 11) is -3.44. The molecule has 1 heterocycles. The fourth-order valence-corrected chi connectivity index (χ4v) is 3.54. The SMILES string of the molecule is CS(=O)(=O)Nc1cccc(C(=O)OCC(=O)c2ccc(Br)s2)c1. The number of ketones is 1. The maximum Gasteiger partial charge on any atom is 0.338 e. The molecule has 0 fully saturated rings. The number of benzene rings is 1. The van der Waals surface area contributed by atoms with Crippen LogP contribution in [0.3, 0.4) is 0 Å². The van der Waals surface area contributed by atoms with Gasteiger partial charge in [0.05, 0.1) is 20.5 Å². The van der Waals surface area contributed by atoms with E-state index in [0.717, 1.165) is 10.0 Å². The largest absolute Gasteiger partial charge is 0.454 e. The van der Waals surface area contributed by atoms with E-state index in [1.54, 1.807) is 12.1 Å². The first kappa shape index (κ1) is 17.6. The topological polar surface area (TPSA) is 89.5 Å². The number of thiophene rings is 1. The number of carbonyl (C=O) groups excluding carboxylic acids is 2. The Bertz CT molecular complexity index is 844. The Kier molecular flexibility index (Phi) is 5.55. The van der Waals surface area contributed by atoms with Gasteiger partial charge in [-0.25, -0.2) is 13.2 Å². The zero-order valence-corrected chi connectivity index (χ0v) is 15.1. The van der Waals surface area contributed by atoms with Gasteiger partial charge in [0.25, 0.3) is 0 Å². The van der Waals surface area contributed by atoms with Crippen LogP contribution in [0, 0.1) is 0 Å². The lowest BCUT2D eigenvalue weighted by molar-refractivity contribution is 0.0476. The van der Waals surface area contributed by atoms with Gasteiger partial charge in [-0.3, -0.25) is 9.52 Å². The summed E-state index contributed by atoms with van der Waals surface area (Å²) in [6, 6.07) is 9.22. The Morgan fingerprint density at radius 1 is 1.26 bits per heavy atom. The van der Waals surface area contributed by atoms with Crippen LogP contribution in [0.1, 0.15) is 20.0 Å². The number of sulfonamides is 1. The number of nitrogens with one attached hydrogen (secondary N) is 1. The molecule has 2 rings (SSSR count). The van der Waals surface area contributed by atoms with E-state index >= 15 is 0 Å². The van der Waals surface area contributed by atoms with Gasteiger partial charge in [-0.1, -0.05) is 6.07 Å². The quantitative estimate of drug-likeness (QED) is 0.576. The molecule has 1 aromatic carbocycles. The molecule has 2 aromatic rings. The molecule has 0 spiro atoms. The van der Waals surface area contributed by atoms with Gasteiger partial charge in [-0.15, -0.1) is 11.3 Å². The van der Waals surface area contributed by atoms with Crippen molar-refractivity contribution in [2.24, 2.45) is 0 Å². The summed E-state index contributed by atoms with van der Waals surface area (Å²) in [4.78, 5) is 24.3. The molecule has 0 aliphatic rings. The van der Waals surface area contributed by atoms with Crippen LogP contribution in [-0.2, 0) is 14.8 Å². The molecule has 0 saturated carbocycles. The second-order valence-corrected chi connectivity index (χ2v) is 8.77. The Labute approximate surface area is 145 Å². The fraction of sp³-hybridized carbons (Fsp3) is 0.143. The maximum atomic E-state index is 11.9. The van der Waals surface area contributed by atoms with Crippen LogP contribution in [0.25, 0.3) is 0 Å². The molecule has 1 N–H and O–H groups in total. The van der Waals surface area contributed by atoms with Gasteiger partial charge in [-0.2, -0.15) is 0 Å². The first-order valence-corrected chi connectivity index (χ1v) is 9.78. The number of rotatable bonds is 6. The van der Waals surface area contributed by atoms with Gasteiger partial charge in [0.15, 0.2) is 6.61 Å². The number of hydrogen-bond donors (Lipinski definition) is 1. The van der Waals surface area contributed by atoms with Crippen LogP contribution in [0.15, 0.2) is 40.2 Å². The molecule has 0 unspecified atom stereocenters. The highest BCUT2D eigenvalue weighted by atomic mass is 79.9. The summed E-state index contributed by atoms with van der Waals surface area (Å²) >= 11 is 4.50. The third-order valence-corrected chi connectivity index (χ3v) is 4.86. The first-order valence-electron chi connectivity index (χ1n) is 6.28. The summed E-state index contributed by atoms with van der Waals surface area (Å²) in [6.45, 7) is -0.379.